The van der Waals surface area contributed by atoms with Gasteiger partial charge in [-0.1, -0.05) is 54.4 Å². The van der Waals surface area contributed by atoms with Gasteiger partial charge in [-0.15, -0.1) is 0 Å². The zero-order valence-electron chi connectivity index (χ0n) is 13.2. The van der Waals surface area contributed by atoms with Gasteiger partial charge in [-0.05, 0) is 32.3 Å². The molecule has 0 spiro atoms. The van der Waals surface area contributed by atoms with Gasteiger partial charge in [0.1, 0.15) is 0 Å². The summed E-state index contributed by atoms with van der Waals surface area (Å²) in [5, 5.41) is 1.39. The second-order valence-electron chi connectivity index (χ2n) is 6.13. The first-order valence-electron chi connectivity index (χ1n) is 7.94. The number of rotatable bonds is 4. The Balaban J connectivity index is 1.86. The van der Waals surface area contributed by atoms with Crippen molar-refractivity contribution in [3.05, 3.63) is 57.0 Å². The van der Waals surface area contributed by atoms with Crippen LogP contribution in [0.1, 0.15) is 48.1 Å². The molecule has 0 radical (unpaired) electrons. The molecule has 0 atom stereocenters. The average molecular weight is 314 g/mol. The predicted molar refractivity (Wildman–Crippen MR) is 91.7 cm³/mol. The summed E-state index contributed by atoms with van der Waals surface area (Å²) in [5.41, 5.74) is 4.07. The number of nitrogens with zero attached hydrogens (tertiary/aromatic N) is 1. The number of H-pyrrole nitrogens is 1. The van der Waals surface area contributed by atoms with E-state index >= 15 is 0 Å². The maximum Gasteiger partial charge on any atom is 0.254 e. The van der Waals surface area contributed by atoms with Gasteiger partial charge in [-0.25, -0.2) is 4.98 Å². The van der Waals surface area contributed by atoms with Crippen molar-refractivity contribution in [1.29, 1.82) is 0 Å². The quantitative estimate of drug-likeness (QED) is 0.867. The number of aromatic nitrogens is 2. The van der Waals surface area contributed by atoms with E-state index in [0.29, 0.717) is 5.25 Å². The van der Waals surface area contributed by atoms with Crippen LogP contribution in [0.3, 0.4) is 0 Å². The summed E-state index contributed by atoms with van der Waals surface area (Å²) in [6.45, 7) is 3.95. The van der Waals surface area contributed by atoms with E-state index < -0.39 is 0 Å². The Labute approximate surface area is 135 Å². The van der Waals surface area contributed by atoms with E-state index in [9.17, 15) is 4.79 Å². The highest BCUT2D eigenvalue weighted by Crippen LogP contribution is 2.32. The van der Waals surface area contributed by atoms with Crippen LogP contribution in [0.4, 0.5) is 0 Å². The summed E-state index contributed by atoms with van der Waals surface area (Å²) in [6.07, 6.45) is 5.77. The maximum atomic E-state index is 12.2. The molecule has 1 heterocycles. The minimum Gasteiger partial charge on any atom is -0.301 e. The normalized spacial score (nSPS) is 15.4. The molecule has 3 rings (SSSR count). The van der Waals surface area contributed by atoms with Crippen LogP contribution in [0.25, 0.3) is 0 Å². The highest BCUT2D eigenvalue weighted by atomic mass is 32.2. The van der Waals surface area contributed by atoms with Crippen molar-refractivity contribution >= 4 is 11.8 Å². The minimum atomic E-state index is -0.00171. The molecule has 0 unspecified atom stereocenters. The van der Waals surface area contributed by atoms with E-state index in [1.165, 1.54) is 36.8 Å². The van der Waals surface area contributed by atoms with Crippen molar-refractivity contribution in [2.24, 2.45) is 0 Å². The Morgan fingerprint density at radius 1 is 1.27 bits per heavy atom. The van der Waals surface area contributed by atoms with Gasteiger partial charge in [0.05, 0.1) is 5.69 Å². The molecule has 1 saturated carbocycles. The largest absolute Gasteiger partial charge is 0.301 e. The smallest absolute Gasteiger partial charge is 0.254 e. The molecule has 0 aliphatic heterocycles. The molecule has 1 fully saturated rings. The van der Waals surface area contributed by atoms with Gasteiger partial charge in [0.15, 0.2) is 5.16 Å². The molecule has 4 heteroatoms. The number of nitrogens with one attached hydrogen (secondary N) is 1. The van der Waals surface area contributed by atoms with Crippen LogP contribution in [0.5, 0.6) is 0 Å². The topological polar surface area (TPSA) is 45.8 Å². The Kier molecular flexibility index (Phi) is 4.67. The SMILES string of the molecule is Cc1cccc(Cc2nc(SC3CCCC3)[nH]c(=O)c2C)c1. The Hall–Kier alpha value is -1.55. The zero-order chi connectivity index (χ0) is 15.5. The summed E-state index contributed by atoms with van der Waals surface area (Å²) in [4.78, 5) is 19.8. The lowest BCUT2D eigenvalue weighted by Gasteiger charge is -2.11. The van der Waals surface area contributed by atoms with Crippen molar-refractivity contribution in [1.82, 2.24) is 9.97 Å². The number of benzene rings is 1. The monoisotopic (exact) mass is 314 g/mol. The first-order chi connectivity index (χ1) is 10.6. The molecule has 0 saturated heterocycles. The minimum absolute atomic E-state index is 0.00171. The van der Waals surface area contributed by atoms with Gasteiger partial charge < -0.3 is 4.98 Å². The van der Waals surface area contributed by atoms with Crippen LogP contribution in [0, 0.1) is 13.8 Å². The first kappa shape index (κ1) is 15.3. The van der Waals surface area contributed by atoms with Gasteiger partial charge in [0.2, 0.25) is 0 Å². The predicted octanol–water partition coefficient (Wildman–Crippen LogP) is 4.01. The lowest BCUT2D eigenvalue weighted by Crippen LogP contribution is -2.17. The summed E-state index contributed by atoms with van der Waals surface area (Å²) in [5.74, 6) is 0. The van der Waals surface area contributed by atoms with Crippen LogP contribution in [0.15, 0.2) is 34.2 Å². The number of aromatic amines is 1. The number of aryl methyl sites for hydroxylation is 1. The fourth-order valence-corrected chi connectivity index (χ4v) is 4.16. The summed E-state index contributed by atoms with van der Waals surface area (Å²) in [7, 11) is 0. The van der Waals surface area contributed by atoms with E-state index in [1.54, 1.807) is 11.8 Å². The van der Waals surface area contributed by atoms with Gasteiger partial charge in [0, 0.05) is 17.2 Å². The van der Waals surface area contributed by atoms with Gasteiger partial charge in [-0.2, -0.15) is 0 Å². The van der Waals surface area contributed by atoms with E-state index in [4.69, 9.17) is 4.98 Å². The van der Waals surface area contributed by atoms with Crippen LogP contribution in [-0.2, 0) is 6.42 Å². The molecule has 3 nitrogen and oxygen atoms in total. The molecule has 0 amide bonds. The fourth-order valence-electron chi connectivity index (χ4n) is 2.96. The van der Waals surface area contributed by atoms with E-state index in [0.717, 1.165) is 22.8 Å². The number of thioether (sulfide) groups is 1. The van der Waals surface area contributed by atoms with Crippen molar-refractivity contribution in [2.45, 2.75) is 56.4 Å². The molecular formula is C18H22N2OS. The lowest BCUT2D eigenvalue weighted by molar-refractivity contribution is 0.838. The maximum absolute atomic E-state index is 12.2. The standard InChI is InChI=1S/C18H22N2OS/c1-12-6-5-7-14(10-12)11-16-13(2)17(21)20-18(19-16)22-15-8-3-4-9-15/h5-7,10,15H,3-4,8-9,11H2,1-2H3,(H,19,20,21). The number of hydrogen-bond donors (Lipinski definition) is 1. The van der Waals surface area contributed by atoms with Crippen LogP contribution in [-0.4, -0.2) is 15.2 Å². The van der Waals surface area contributed by atoms with Gasteiger partial charge in [0.25, 0.3) is 5.56 Å². The highest BCUT2D eigenvalue weighted by Gasteiger charge is 2.18. The molecule has 1 aromatic carbocycles. The zero-order valence-corrected chi connectivity index (χ0v) is 14.0. The van der Waals surface area contributed by atoms with Gasteiger partial charge in [-0.3, -0.25) is 4.79 Å². The molecule has 1 aromatic heterocycles. The van der Waals surface area contributed by atoms with Crippen molar-refractivity contribution in [3.63, 3.8) is 0 Å². The summed E-state index contributed by atoms with van der Waals surface area (Å²) < 4.78 is 0. The summed E-state index contributed by atoms with van der Waals surface area (Å²) in [6, 6.07) is 8.40. The Morgan fingerprint density at radius 3 is 2.77 bits per heavy atom. The van der Waals surface area contributed by atoms with Crippen LogP contribution >= 0.6 is 11.8 Å². The highest BCUT2D eigenvalue weighted by molar-refractivity contribution is 7.99. The second kappa shape index (κ2) is 6.69. The number of hydrogen-bond acceptors (Lipinski definition) is 3. The average Bonchev–Trinajstić information content (AvgIpc) is 2.97. The first-order valence-corrected chi connectivity index (χ1v) is 8.82. The third kappa shape index (κ3) is 3.61. The Morgan fingerprint density at radius 2 is 2.05 bits per heavy atom. The summed E-state index contributed by atoms with van der Waals surface area (Å²) >= 11 is 1.74. The Bertz CT molecular complexity index is 717. The van der Waals surface area contributed by atoms with Gasteiger partial charge >= 0.3 is 0 Å². The fraction of sp³-hybridized carbons (Fsp3) is 0.444. The second-order valence-corrected chi connectivity index (χ2v) is 7.42. The molecule has 22 heavy (non-hydrogen) atoms. The molecule has 1 N–H and O–H groups in total. The molecular weight excluding hydrogens is 292 g/mol. The molecule has 2 aromatic rings. The van der Waals surface area contributed by atoms with E-state index in [2.05, 4.69) is 36.2 Å². The van der Waals surface area contributed by atoms with Crippen molar-refractivity contribution < 1.29 is 0 Å². The molecule has 1 aliphatic rings. The molecule has 0 bridgehead atoms. The van der Waals surface area contributed by atoms with E-state index in [-0.39, 0.29) is 5.56 Å². The lowest BCUT2D eigenvalue weighted by atomic mass is 10.0. The third-order valence-electron chi connectivity index (χ3n) is 4.26. The van der Waals surface area contributed by atoms with E-state index in [1.807, 2.05) is 6.92 Å². The third-order valence-corrected chi connectivity index (χ3v) is 5.49. The van der Waals surface area contributed by atoms with Crippen LogP contribution in [0.2, 0.25) is 0 Å². The van der Waals surface area contributed by atoms with Crippen LogP contribution < -0.4 is 5.56 Å². The van der Waals surface area contributed by atoms with Crippen molar-refractivity contribution in [2.75, 3.05) is 0 Å². The molecule has 116 valence electrons. The van der Waals surface area contributed by atoms with Crippen molar-refractivity contribution in [3.8, 4) is 0 Å². The molecule has 1 aliphatic carbocycles.